The van der Waals surface area contributed by atoms with Gasteiger partial charge in [0, 0.05) is 24.8 Å². The molecule has 4 nitrogen and oxygen atoms in total. The van der Waals surface area contributed by atoms with Crippen molar-refractivity contribution in [2.24, 2.45) is 5.92 Å². The molecule has 3 rings (SSSR count). The normalized spacial score (nSPS) is 18.9. The number of aryl methyl sites for hydroxylation is 1. The average molecular weight is 352 g/mol. The summed E-state index contributed by atoms with van der Waals surface area (Å²) < 4.78 is 0. The lowest BCUT2D eigenvalue weighted by molar-refractivity contribution is -0.117. The van der Waals surface area contributed by atoms with Gasteiger partial charge in [0.05, 0.1) is 6.54 Å². The smallest absolute Gasteiger partial charge is 0.238 e. The van der Waals surface area contributed by atoms with Gasteiger partial charge in [-0.25, -0.2) is 0 Å². The first-order valence-electron chi connectivity index (χ1n) is 9.07. The van der Waals surface area contributed by atoms with E-state index in [-0.39, 0.29) is 18.3 Å². The quantitative estimate of drug-likeness (QED) is 0.793. The summed E-state index contributed by atoms with van der Waals surface area (Å²) >= 11 is 0. The fourth-order valence-electron chi connectivity index (χ4n) is 3.18. The van der Waals surface area contributed by atoms with E-state index in [1.165, 1.54) is 24.9 Å². The van der Waals surface area contributed by atoms with Crippen molar-refractivity contribution >= 4 is 24.0 Å². The van der Waals surface area contributed by atoms with Gasteiger partial charge in [0.2, 0.25) is 5.91 Å². The predicted octanol–water partition coefficient (Wildman–Crippen LogP) is 3.07. The van der Waals surface area contributed by atoms with Gasteiger partial charge < -0.3 is 10.6 Å². The number of halogens is 1. The molecule has 2 aliphatic rings. The highest BCUT2D eigenvalue weighted by atomic mass is 35.5. The molecule has 1 aliphatic carbocycles. The summed E-state index contributed by atoms with van der Waals surface area (Å²) in [6, 6.07) is 8.78. The van der Waals surface area contributed by atoms with Crippen LogP contribution in [-0.2, 0) is 11.2 Å². The molecule has 1 saturated carbocycles. The second-order valence-electron chi connectivity index (χ2n) is 7.00. The summed E-state index contributed by atoms with van der Waals surface area (Å²) in [5.74, 6) is 1.04. The lowest BCUT2D eigenvalue weighted by atomic mass is 10.0. The lowest BCUT2D eigenvalue weighted by Crippen LogP contribution is -2.45. The Morgan fingerprint density at radius 2 is 1.79 bits per heavy atom. The van der Waals surface area contributed by atoms with Gasteiger partial charge in [-0.15, -0.1) is 12.4 Å². The van der Waals surface area contributed by atoms with Crippen molar-refractivity contribution in [2.75, 3.05) is 31.5 Å². The van der Waals surface area contributed by atoms with E-state index in [1.54, 1.807) is 0 Å². The second-order valence-corrected chi connectivity index (χ2v) is 7.00. The Morgan fingerprint density at radius 1 is 1.12 bits per heavy atom. The third-order valence-corrected chi connectivity index (χ3v) is 4.99. The van der Waals surface area contributed by atoms with Crippen molar-refractivity contribution < 1.29 is 4.79 Å². The number of nitrogens with zero attached hydrogens (tertiary/aromatic N) is 1. The molecule has 0 aromatic heterocycles. The van der Waals surface area contributed by atoms with E-state index in [0.29, 0.717) is 12.6 Å². The number of hydrogen-bond acceptors (Lipinski definition) is 3. The van der Waals surface area contributed by atoms with Gasteiger partial charge in [0.15, 0.2) is 0 Å². The minimum absolute atomic E-state index is 0. The second kappa shape index (κ2) is 9.40. The van der Waals surface area contributed by atoms with Crippen molar-refractivity contribution in [1.29, 1.82) is 0 Å². The maximum Gasteiger partial charge on any atom is 0.238 e. The molecular formula is C19H30ClN3O. The third-order valence-electron chi connectivity index (χ3n) is 4.99. The summed E-state index contributed by atoms with van der Waals surface area (Å²) in [6.07, 6.45) is 6.16. The van der Waals surface area contributed by atoms with E-state index in [2.05, 4.69) is 34.6 Å². The van der Waals surface area contributed by atoms with Crippen LogP contribution in [0.5, 0.6) is 0 Å². The van der Waals surface area contributed by atoms with Gasteiger partial charge in [-0.3, -0.25) is 9.69 Å². The first-order valence-corrected chi connectivity index (χ1v) is 9.07. The van der Waals surface area contributed by atoms with Gasteiger partial charge >= 0.3 is 0 Å². The number of benzene rings is 1. The molecule has 0 atom stereocenters. The number of likely N-dealkylation sites (tertiary alicyclic amines) is 1. The predicted molar refractivity (Wildman–Crippen MR) is 102 cm³/mol. The zero-order chi connectivity index (χ0) is 16.1. The number of carbonyl (C=O) groups excluding carboxylic acids is 1. The average Bonchev–Trinajstić information content (AvgIpc) is 3.39. The van der Waals surface area contributed by atoms with Crippen LogP contribution in [0.3, 0.4) is 0 Å². The van der Waals surface area contributed by atoms with Crippen LogP contribution >= 0.6 is 12.4 Å². The summed E-state index contributed by atoms with van der Waals surface area (Å²) in [5, 5.41) is 6.68. The Bertz CT molecular complexity index is 508. The monoisotopic (exact) mass is 351 g/mol. The molecule has 134 valence electrons. The highest BCUT2D eigenvalue weighted by molar-refractivity contribution is 5.92. The van der Waals surface area contributed by atoms with Crippen LogP contribution in [0.15, 0.2) is 24.3 Å². The molecule has 1 aromatic rings. The van der Waals surface area contributed by atoms with E-state index in [1.807, 2.05) is 12.1 Å². The van der Waals surface area contributed by atoms with Gasteiger partial charge in [-0.2, -0.15) is 0 Å². The zero-order valence-corrected chi connectivity index (χ0v) is 15.4. The van der Waals surface area contributed by atoms with E-state index in [4.69, 9.17) is 0 Å². The van der Waals surface area contributed by atoms with Crippen LogP contribution in [0.4, 0.5) is 5.69 Å². The van der Waals surface area contributed by atoms with Gasteiger partial charge in [-0.05, 0) is 62.3 Å². The maximum absolute atomic E-state index is 12.2. The first kappa shape index (κ1) is 19.2. The van der Waals surface area contributed by atoms with E-state index in [9.17, 15) is 4.79 Å². The van der Waals surface area contributed by atoms with Crippen LogP contribution in [0.2, 0.25) is 0 Å². The minimum atomic E-state index is 0. The van der Waals surface area contributed by atoms with Crippen LogP contribution < -0.4 is 10.6 Å². The molecule has 0 bridgehead atoms. The topological polar surface area (TPSA) is 44.4 Å². The fraction of sp³-hybridized carbons (Fsp3) is 0.632. The van der Waals surface area contributed by atoms with Crippen LogP contribution in [-0.4, -0.2) is 43.0 Å². The molecule has 1 aliphatic heterocycles. The first-order chi connectivity index (χ1) is 11.2. The Kier molecular flexibility index (Phi) is 7.53. The van der Waals surface area contributed by atoms with Crippen LogP contribution in [0.25, 0.3) is 0 Å². The summed E-state index contributed by atoms with van der Waals surface area (Å²) in [5.41, 5.74) is 2.19. The van der Waals surface area contributed by atoms with Gasteiger partial charge in [-0.1, -0.05) is 19.1 Å². The molecule has 1 aromatic carbocycles. The molecule has 5 heteroatoms. The molecule has 0 unspecified atom stereocenters. The largest absolute Gasteiger partial charge is 0.325 e. The number of anilines is 1. The van der Waals surface area contributed by atoms with E-state index in [0.717, 1.165) is 44.0 Å². The Balaban J connectivity index is 0.00000208. The highest BCUT2D eigenvalue weighted by Gasteiger charge is 2.24. The molecular weight excluding hydrogens is 322 g/mol. The van der Waals surface area contributed by atoms with Gasteiger partial charge in [0.1, 0.15) is 0 Å². The van der Waals surface area contributed by atoms with E-state index >= 15 is 0 Å². The van der Waals surface area contributed by atoms with Crippen molar-refractivity contribution in [2.45, 2.75) is 45.1 Å². The number of piperidine rings is 1. The molecule has 1 heterocycles. The highest BCUT2D eigenvalue weighted by Crippen LogP contribution is 2.28. The number of carbonyl (C=O) groups is 1. The van der Waals surface area contributed by atoms with Crippen LogP contribution in [0, 0.1) is 5.92 Å². The molecule has 24 heavy (non-hydrogen) atoms. The summed E-state index contributed by atoms with van der Waals surface area (Å²) in [6.45, 7) is 5.87. The standard InChI is InChI=1S/C19H29N3O.ClH/c1-2-15-5-7-18(8-6-15)21-19(23)14-22-11-9-17(10-12-22)20-13-16-3-4-16;/h5-8,16-17,20H,2-4,9-14H2,1H3,(H,21,23);1H. The SMILES string of the molecule is CCc1ccc(NC(=O)CN2CCC(NCC3CC3)CC2)cc1.Cl. The Labute approximate surface area is 151 Å². The van der Waals surface area contributed by atoms with Crippen molar-refractivity contribution in [1.82, 2.24) is 10.2 Å². The van der Waals surface area contributed by atoms with Gasteiger partial charge in [0.25, 0.3) is 0 Å². The number of hydrogen-bond donors (Lipinski definition) is 2. The van der Waals surface area contributed by atoms with Crippen molar-refractivity contribution in [3.05, 3.63) is 29.8 Å². The molecule has 2 fully saturated rings. The van der Waals surface area contributed by atoms with E-state index < -0.39 is 0 Å². The van der Waals surface area contributed by atoms with Crippen molar-refractivity contribution in [3.63, 3.8) is 0 Å². The molecule has 0 spiro atoms. The zero-order valence-electron chi connectivity index (χ0n) is 14.6. The lowest BCUT2D eigenvalue weighted by Gasteiger charge is -2.32. The van der Waals surface area contributed by atoms with Crippen molar-refractivity contribution in [3.8, 4) is 0 Å². The number of amides is 1. The number of nitrogens with one attached hydrogen (secondary N) is 2. The maximum atomic E-state index is 12.2. The van der Waals surface area contributed by atoms with Crippen LogP contribution in [0.1, 0.15) is 38.2 Å². The molecule has 1 amide bonds. The third kappa shape index (κ3) is 6.08. The Morgan fingerprint density at radius 3 is 2.38 bits per heavy atom. The Hall–Kier alpha value is -1.10. The molecule has 2 N–H and O–H groups in total. The minimum Gasteiger partial charge on any atom is -0.325 e. The fourth-order valence-corrected chi connectivity index (χ4v) is 3.18. The summed E-state index contributed by atoms with van der Waals surface area (Å²) in [4.78, 5) is 14.4. The number of rotatable bonds is 7. The molecule has 0 radical (unpaired) electrons. The molecule has 1 saturated heterocycles. The summed E-state index contributed by atoms with van der Waals surface area (Å²) in [7, 11) is 0.